The molecule has 1 atom stereocenters. The van der Waals surface area contributed by atoms with Crippen LogP contribution in [-0.4, -0.2) is 55.3 Å². The molecule has 1 aliphatic heterocycles. The molecule has 1 aromatic carbocycles. The minimum Gasteiger partial charge on any atom is -0.494 e. The van der Waals surface area contributed by atoms with Gasteiger partial charge in [-0.3, -0.25) is 0 Å². The van der Waals surface area contributed by atoms with Gasteiger partial charge in [-0.2, -0.15) is 0 Å². The van der Waals surface area contributed by atoms with Crippen LogP contribution in [0.3, 0.4) is 0 Å². The summed E-state index contributed by atoms with van der Waals surface area (Å²) in [7, 11) is 5.55. The van der Waals surface area contributed by atoms with Crippen molar-refractivity contribution in [1.29, 1.82) is 0 Å². The summed E-state index contributed by atoms with van der Waals surface area (Å²) in [5.41, 5.74) is 4.31. The first kappa shape index (κ1) is 24.5. The van der Waals surface area contributed by atoms with Gasteiger partial charge in [0.25, 0.3) is 0 Å². The summed E-state index contributed by atoms with van der Waals surface area (Å²) in [5, 5.41) is 6.46. The summed E-state index contributed by atoms with van der Waals surface area (Å²) < 4.78 is 25.8. The number of hydrogen-bond donors (Lipinski definition) is 2. The number of halogens is 1. The standard InChI is InChI=1S/C27H32FN5O2/c1-6-18-15-30-27(32-26(18)17(2)19-8-7-9-20(28)12-19)31-23-13-22(29-3)25(14-24(23)34-5)35-21-10-11-33(4)16-21/h6,9,12-15,21,29H,1-2,7-8,10-11,16H2,3-5H3,(H,30,31,32). The van der Waals surface area contributed by atoms with Crippen LogP contribution in [0.15, 0.2) is 55.0 Å². The Morgan fingerprint density at radius 2 is 2.11 bits per heavy atom. The van der Waals surface area contributed by atoms with Crippen molar-refractivity contribution in [3.8, 4) is 11.5 Å². The lowest BCUT2D eigenvalue weighted by atomic mass is 9.94. The van der Waals surface area contributed by atoms with Gasteiger partial charge in [0, 0.05) is 38.0 Å². The lowest BCUT2D eigenvalue weighted by molar-refractivity contribution is 0.208. The van der Waals surface area contributed by atoms with Gasteiger partial charge in [0.15, 0.2) is 0 Å². The molecule has 0 radical (unpaired) electrons. The number of nitrogens with one attached hydrogen (secondary N) is 2. The van der Waals surface area contributed by atoms with Gasteiger partial charge in [0.1, 0.15) is 23.4 Å². The maximum absolute atomic E-state index is 13.8. The highest BCUT2D eigenvalue weighted by Gasteiger charge is 2.23. The second-order valence-electron chi connectivity index (χ2n) is 8.69. The highest BCUT2D eigenvalue weighted by atomic mass is 19.1. The van der Waals surface area contributed by atoms with Crippen molar-refractivity contribution in [2.45, 2.75) is 25.4 Å². The monoisotopic (exact) mass is 477 g/mol. The van der Waals surface area contributed by atoms with Crippen molar-refractivity contribution in [3.05, 3.63) is 66.3 Å². The molecule has 1 fully saturated rings. The number of methoxy groups -OCH3 is 1. The van der Waals surface area contributed by atoms with Crippen LogP contribution < -0.4 is 20.1 Å². The molecule has 2 aromatic rings. The average molecular weight is 478 g/mol. The Labute approximate surface area is 206 Å². The molecule has 184 valence electrons. The first-order valence-electron chi connectivity index (χ1n) is 11.7. The van der Waals surface area contributed by atoms with E-state index in [0.29, 0.717) is 41.5 Å². The Bertz CT molecular complexity index is 1190. The number of ether oxygens (including phenoxy) is 2. The maximum atomic E-state index is 13.8. The van der Waals surface area contributed by atoms with Crippen molar-refractivity contribution >= 4 is 29.0 Å². The molecule has 2 heterocycles. The Morgan fingerprint density at radius 1 is 1.29 bits per heavy atom. The van der Waals surface area contributed by atoms with E-state index in [4.69, 9.17) is 14.5 Å². The van der Waals surface area contributed by atoms with Crippen LogP contribution >= 0.6 is 0 Å². The molecule has 35 heavy (non-hydrogen) atoms. The van der Waals surface area contributed by atoms with E-state index in [9.17, 15) is 4.39 Å². The molecular weight excluding hydrogens is 445 g/mol. The van der Waals surface area contributed by atoms with Crippen LogP contribution in [0.4, 0.5) is 21.7 Å². The van der Waals surface area contributed by atoms with Gasteiger partial charge in [-0.15, -0.1) is 0 Å². The highest BCUT2D eigenvalue weighted by molar-refractivity contribution is 5.82. The molecule has 0 bridgehead atoms. The lowest BCUT2D eigenvalue weighted by Gasteiger charge is -2.20. The summed E-state index contributed by atoms with van der Waals surface area (Å²) in [4.78, 5) is 11.4. The molecule has 1 saturated heterocycles. The van der Waals surface area contributed by atoms with Crippen LogP contribution in [0.5, 0.6) is 11.5 Å². The lowest BCUT2D eigenvalue weighted by Crippen LogP contribution is -2.21. The number of aromatic nitrogens is 2. The van der Waals surface area contributed by atoms with Crippen LogP contribution in [-0.2, 0) is 0 Å². The number of nitrogens with zero attached hydrogens (tertiary/aromatic N) is 3. The van der Waals surface area contributed by atoms with Crippen molar-refractivity contribution in [1.82, 2.24) is 14.9 Å². The third-order valence-corrected chi connectivity index (χ3v) is 6.23. The van der Waals surface area contributed by atoms with E-state index in [1.807, 2.05) is 19.2 Å². The molecule has 0 spiro atoms. The van der Waals surface area contributed by atoms with Crippen molar-refractivity contribution in [3.63, 3.8) is 0 Å². The topological polar surface area (TPSA) is 71.5 Å². The second kappa shape index (κ2) is 10.7. The Hall–Kier alpha value is -3.65. The van der Waals surface area contributed by atoms with E-state index in [2.05, 4.69) is 40.7 Å². The van der Waals surface area contributed by atoms with E-state index < -0.39 is 0 Å². The molecule has 1 aliphatic carbocycles. The van der Waals surface area contributed by atoms with Crippen LogP contribution in [0.2, 0.25) is 0 Å². The third kappa shape index (κ3) is 5.54. The Balaban J connectivity index is 1.63. The van der Waals surface area contributed by atoms with Gasteiger partial charge in [-0.1, -0.05) is 19.2 Å². The van der Waals surface area contributed by atoms with Gasteiger partial charge < -0.3 is 25.0 Å². The summed E-state index contributed by atoms with van der Waals surface area (Å²) in [6.45, 7) is 9.95. The van der Waals surface area contributed by atoms with Crippen LogP contribution in [0, 0.1) is 0 Å². The van der Waals surface area contributed by atoms with Gasteiger partial charge >= 0.3 is 0 Å². The molecule has 7 nitrogen and oxygen atoms in total. The molecule has 1 unspecified atom stereocenters. The fraction of sp³-hybridized carbons (Fsp3) is 0.333. The first-order chi connectivity index (χ1) is 16.9. The molecule has 0 saturated carbocycles. The van der Waals surface area contributed by atoms with Gasteiger partial charge in [0.05, 0.1) is 24.2 Å². The van der Waals surface area contributed by atoms with Crippen molar-refractivity contribution in [2.24, 2.45) is 0 Å². The summed E-state index contributed by atoms with van der Waals surface area (Å²) in [6.07, 6.45) is 8.88. The number of likely N-dealkylation sites (tertiary alicyclic amines) is 1. The van der Waals surface area contributed by atoms with E-state index in [1.54, 1.807) is 25.5 Å². The number of hydrogen-bond acceptors (Lipinski definition) is 7. The first-order valence-corrected chi connectivity index (χ1v) is 11.7. The molecular formula is C27H32FN5O2. The normalized spacial score (nSPS) is 17.9. The quantitative estimate of drug-likeness (QED) is 0.488. The van der Waals surface area contributed by atoms with Crippen LogP contribution in [0.1, 0.15) is 30.5 Å². The molecule has 1 aromatic heterocycles. The van der Waals surface area contributed by atoms with E-state index in [0.717, 1.165) is 42.1 Å². The largest absolute Gasteiger partial charge is 0.494 e. The van der Waals surface area contributed by atoms with Gasteiger partial charge in [-0.25, -0.2) is 14.4 Å². The molecule has 2 aliphatic rings. The zero-order valence-corrected chi connectivity index (χ0v) is 20.5. The SMILES string of the molecule is C=Cc1cnc(Nc2cc(NC)c(OC3CCN(C)C3)cc2OC)nc1C(=C)C1=CC(F)=CCC1. The van der Waals surface area contributed by atoms with Gasteiger partial charge in [-0.05, 0) is 55.7 Å². The maximum Gasteiger partial charge on any atom is 0.227 e. The predicted molar refractivity (Wildman–Crippen MR) is 140 cm³/mol. The molecule has 4 rings (SSSR count). The number of rotatable bonds is 9. The van der Waals surface area contributed by atoms with Crippen molar-refractivity contribution < 1.29 is 13.9 Å². The Morgan fingerprint density at radius 3 is 2.77 bits per heavy atom. The van der Waals surface area contributed by atoms with Gasteiger partial charge in [0.2, 0.25) is 5.95 Å². The predicted octanol–water partition coefficient (Wildman–Crippen LogP) is 5.58. The number of allylic oxidation sites excluding steroid dienone is 5. The highest BCUT2D eigenvalue weighted by Crippen LogP contribution is 2.39. The number of benzene rings is 1. The number of likely N-dealkylation sites (N-methyl/N-ethyl adjacent to an activating group) is 1. The minimum absolute atomic E-state index is 0.132. The molecule has 2 N–H and O–H groups in total. The summed E-state index contributed by atoms with van der Waals surface area (Å²) in [6, 6.07) is 3.78. The minimum atomic E-state index is -0.254. The fourth-order valence-corrected chi connectivity index (χ4v) is 4.31. The second-order valence-corrected chi connectivity index (χ2v) is 8.69. The summed E-state index contributed by atoms with van der Waals surface area (Å²) >= 11 is 0. The Kier molecular flexibility index (Phi) is 7.51. The average Bonchev–Trinajstić information content (AvgIpc) is 3.28. The third-order valence-electron chi connectivity index (χ3n) is 6.23. The molecule has 0 amide bonds. The summed E-state index contributed by atoms with van der Waals surface area (Å²) in [5.74, 6) is 1.44. The van der Waals surface area contributed by atoms with Crippen molar-refractivity contribution in [2.75, 3.05) is 44.9 Å². The zero-order chi connectivity index (χ0) is 24.9. The fourth-order valence-electron chi connectivity index (χ4n) is 4.31. The zero-order valence-electron chi connectivity index (χ0n) is 20.5. The van der Waals surface area contributed by atoms with E-state index in [-0.39, 0.29) is 11.9 Å². The smallest absolute Gasteiger partial charge is 0.227 e. The number of anilines is 3. The van der Waals surface area contributed by atoms with Crippen LogP contribution in [0.25, 0.3) is 11.6 Å². The van der Waals surface area contributed by atoms with E-state index >= 15 is 0 Å². The molecule has 8 heteroatoms. The van der Waals surface area contributed by atoms with E-state index in [1.165, 1.54) is 6.08 Å².